The van der Waals surface area contributed by atoms with Gasteiger partial charge in [0.05, 0.1) is 0 Å². The Kier molecular flexibility index (Phi) is 5.82. The largest absolute Gasteiger partial charge is 0.444 e. The van der Waals surface area contributed by atoms with E-state index in [1.165, 1.54) is 12.1 Å². The number of benzene rings is 1. The molecule has 0 radical (unpaired) electrons. The summed E-state index contributed by atoms with van der Waals surface area (Å²) in [5.41, 5.74) is 1.45. The van der Waals surface area contributed by atoms with E-state index in [-0.39, 0.29) is 11.7 Å². The van der Waals surface area contributed by atoms with Gasteiger partial charge in [-0.2, -0.15) is 0 Å². The molecule has 0 bridgehead atoms. The summed E-state index contributed by atoms with van der Waals surface area (Å²) in [6.45, 7) is 7.97. The van der Waals surface area contributed by atoms with Crippen molar-refractivity contribution in [2.75, 3.05) is 13.1 Å². The predicted molar refractivity (Wildman–Crippen MR) is 94.4 cm³/mol. The number of carbonyl (C=O) groups is 2. The topological polar surface area (TPSA) is 58.6 Å². The minimum Gasteiger partial charge on any atom is -0.444 e. The first-order valence-electron chi connectivity index (χ1n) is 8.39. The van der Waals surface area contributed by atoms with Crippen LogP contribution in [0.4, 0.5) is 9.18 Å². The fourth-order valence-electron chi connectivity index (χ4n) is 2.62. The summed E-state index contributed by atoms with van der Waals surface area (Å²) in [5, 5.41) is 2.57. The number of amides is 2. The van der Waals surface area contributed by atoms with Crippen molar-refractivity contribution in [3.8, 4) is 0 Å². The van der Waals surface area contributed by atoms with Crippen LogP contribution < -0.4 is 5.32 Å². The lowest BCUT2D eigenvalue weighted by molar-refractivity contribution is -0.132. The Balaban J connectivity index is 1.91. The second-order valence-electron chi connectivity index (χ2n) is 7.14. The Labute approximate surface area is 147 Å². The molecule has 0 aromatic heterocycles. The normalized spacial score (nSPS) is 16.0. The lowest BCUT2D eigenvalue weighted by Gasteiger charge is -2.29. The third-order valence-corrected chi connectivity index (χ3v) is 3.84. The highest BCUT2D eigenvalue weighted by molar-refractivity contribution is 5.86. The molecule has 0 spiro atoms. The number of carbonyl (C=O) groups excluding carboxylic acids is 2. The van der Waals surface area contributed by atoms with Crippen LogP contribution in [0.5, 0.6) is 0 Å². The number of alkyl carbamates (subject to hydrolysis) is 1. The van der Waals surface area contributed by atoms with E-state index in [9.17, 15) is 14.0 Å². The maximum atomic E-state index is 13.0. The molecule has 0 saturated carbocycles. The zero-order valence-electron chi connectivity index (χ0n) is 15.1. The minimum atomic E-state index is -0.657. The quantitative estimate of drug-likeness (QED) is 0.911. The lowest BCUT2D eigenvalue weighted by atomic mass is 9.99. The molecule has 25 heavy (non-hydrogen) atoms. The van der Waals surface area contributed by atoms with Gasteiger partial charge in [0.15, 0.2) is 0 Å². The molecule has 0 saturated heterocycles. The third-order valence-electron chi connectivity index (χ3n) is 3.84. The molecule has 6 heteroatoms. The molecule has 1 aromatic rings. The van der Waals surface area contributed by atoms with Crippen LogP contribution in [0.3, 0.4) is 0 Å². The Morgan fingerprint density at radius 1 is 1.24 bits per heavy atom. The SMILES string of the molecule is C[C@@H](NC(=O)OC(C)(C)C)C(=O)N1CC=C(c2ccc(F)cc2)CC1. The fraction of sp³-hybridized carbons (Fsp3) is 0.474. The van der Waals surface area contributed by atoms with Crippen LogP contribution >= 0.6 is 0 Å². The Hall–Kier alpha value is -2.37. The third kappa shape index (κ3) is 5.59. The van der Waals surface area contributed by atoms with E-state index in [0.717, 1.165) is 11.1 Å². The van der Waals surface area contributed by atoms with E-state index in [2.05, 4.69) is 5.32 Å². The number of nitrogens with zero attached hydrogens (tertiary/aromatic N) is 1. The van der Waals surface area contributed by atoms with E-state index >= 15 is 0 Å². The van der Waals surface area contributed by atoms with Crippen molar-refractivity contribution in [2.45, 2.75) is 45.8 Å². The van der Waals surface area contributed by atoms with Crippen LogP contribution in [0.1, 0.15) is 39.7 Å². The smallest absolute Gasteiger partial charge is 0.408 e. The van der Waals surface area contributed by atoms with E-state index in [4.69, 9.17) is 4.74 Å². The van der Waals surface area contributed by atoms with Gasteiger partial charge in [-0.1, -0.05) is 18.2 Å². The highest BCUT2D eigenvalue weighted by atomic mass is 19.1. The molecule has 1 heterocycles. The molecule has 136 valence electrons. The van der Waals surface area contributed by atoms with Crippen molar-refractivity contribution in [2.24, 2.45) is 0 Å². The van der Waals surface area contributed by atoms with Crippen LogP contribution in [0.25, 0.3) is 5.57 Å². The highest BCUT2D eigenvalue weighted by Crippen LogP contribution is 2.22. The molecular formula is C19H25FN2O3. The summed E-state index contributed by atoms with van der Waals surface area (Å²) in [6.07, 6.45) is 2.05. The fourth-order valence-corrected chi connectivity index (χ4v) is 2.62. The summed E-state index contributed by atoms with van der Waals surface area (Å²) in [7, 11) is 0. The van der Waals surface area contributed by atoms with Crippen molar-refractivity contribution in [1.29, 1.82) is 0 Å². The van der Waals surface area contributed by atoms with Crippen LogP contribution in [-0.2, 0) is 9.53 Å². The van der Waals surface area contributed by atoms with Crippen LogP contribution in [0, 0.1) is 5.82 Å². The molecule has 2 rings (SSSR count). The molecule has 0 aliphatic carbocycles. The molecule has 1 aliphatic heterocycles. The van der Waals surface area contributed by atoms with Crippen molar-refractivity contribution in [3.63, 3.8) is 0 Å². The Bertz CT molecular complexity index is 662. The molecule has 0 unspecified atom stereocenters. The Morgan fingerprint density at radius 2 is 1.88 bits per heavy atom. The van der Waals surface area contributed by atoms with Gasteiger partial charge in [0.2, 0.25) is 5.91 Å². The molecule has 0 fully saturated rings. The number of halogens is 1. The first-order chi connectivity index (χ1) is 11.7. The summed E-state index contributed by atoms with van der Waals surface area (Å²) < 4.78 is 18.2. The zero-order chi connectivity index (χ0) is 18.6. The monoisotopic (exact) mass is 348 g/mol. The summed E-state index contributed by atoms with van der Waals surface area (Å²) >= 11 is 0. The minimum absolute atomic E-state index is 0.153. The molecule has 5 nitrogen and oxygen atoms in total. The lowest BCUT2D eigenvalue weighted by Crippen LogP contribution is -2.49. The first kappa shape index (κ1) is 19.0. The summed E-state index contributed by atoms with van der Waals surface area (Å²) in [5.74, 6) is -0.417. The van der Waals surface area contributed by atoms with Crippen molar-refractivity contribution < 1.29 is 18.7 Å². The van der Waals surface area contributed by atoms with Crippen LogP contribution in [0.15, 0.2) is 30.3 Å². The number of nitrogens with one attached hydrogen (secondary N) is 1. The van der Waals surface area contributed by atoms with Gasteiger partial charge in [-0.15, -0.1) is 0 Å². The molecular weight excluding hydrogens is 323 g/mol. The van der Waals surface area contributed by atoms with Gasteiger partial charge in [0, 0.05) is 13.1 Å². The van der Waals surface area contributed by atoms with E-state index in [0.29, 0.717) is 19.5 Å². The van der Waals surface area contributed by atoms with Crippen LogP contribution in [0.2, 0.25) is 0 Å². The van der Waals surface area contributed by atoms with Gasteiger partial charge in [0.1, 0.15) is 17.5 Å². The molecule has 1 aliphatic rings. The van der Waals surface area contributed by atoms with E-state index in [1.54, 1.807) is 44.7 Å². The second kappa shape index (κ2) is 7.68. The molecule has 2 amide bonds. The van der Waals surface area contributed by atoms with Gasteiger partial charge < -0.3 is 15.0 Å². The number of hydrogen-bond donors (Lipinski definition) is 1. The average Bonchev–Trinajstić information content (AvgIpc) is 2.53. The molecule has 1 aromatic carbocycles. The molecule has 1 atom stereocenters. The second-order valence-corrected chi connectivity index (χ2v) is 7.14. The Morgan fingerprint density at radius 3 is 2.40 bits per heavy atom. The summed E-state index contributed by atoms with van der Waals surface area (Å²) in [4.78, 5) is 25.9. The zero-order valence-corrected chi connectivity index (χ0v) is 15.1. The van der Waals surface area contributed by atoms with Gasteiger partial charge in [-0.25, -0.2) is 9.18 Å². The van der Waals surface area contributed by atoms with Crippen molar-refractivity contribution >= 4 is 17.6 Å². The number of hydrogen-bond acceptors (Lipinski definition) is 3. The van der Waals surface area contributed by atoms with Gasteiger partial charge >= 0.3 is 6.09 Å². The van der Waals surface area contributed by atoms with E-state index < -0.39 is 17.7 Å². The van der Waals surface area contributed by atoms with Crippen molar-refractivity contribution in [3.05, 3.63) is 41.7 Å². The van der Waals surface area contributed by atoms with E-state index in [1.807, 2.05) is 6.08 Å². The maximum Gasteiger partial charge on any atom is 0.408 e. The highest BCUT2D eigenvalue weighted by Gasteiger charge is 2.25. The number of ether oxygens (including phenoxy) is 1. The van der Waals surface area contributed by atoms with Gasteiger partial charge in [0.25, 0.3) is 0 Å². The average molecular weight is 348 g/mol. The predicted octanol–water partition coefficient (Wildman–Crippen LogP) is 3.35. The maximum absolute atomic E-state index is 13.0. The first-order valence-corrected chi connectivity index (χ1v) is 8.39. The summed E-state index contributed by atoms with van der Waals surface area (Å²) in [6, 6.07) is 5.69. The van der Waals surface area contributed by atoms with Gasteiger partial charge in [-0.05, 0) is 57.4 Å². The van der Waals surface area contributed by atoms with Crippen molar-refractivity contribution in [1.82, 2.24) is 10.2 Å². The van der Waals surface area contributed by atoms with Crippen LogP contribution in [-0.4, -0.2) is 41.6 Å². The van der Waals surface area contributed by atoms with Gasteiger partial charge in [-0.3, -0.25) is 4.79 Å². The molecule has 1 N–H and O–H groups in total. The number of rotatable bonds is 3. The standard InChI is InChI=1S/C19H25FN2O3/c1-13(21-18(24)25-19(2,3)4)17(23)22-11-9-15(10-12-22)14-5-7-16(20)8-6-14/h5-9,13H,10-12H2,1-4H3,(H,21,24)/t13-/m1/s1.